The fourth-order valence-corrected chi connectivity index (χ4v) is 9.44. The van der Waals surface area contributed by atoms with E-state index < -0.39 is 0 Å². The fourth-order valence-electron chi connectivity index (χ4n) is 8.31. The third-order valence-corrected chi connectivity index (χ3v) is 12.0. The predicted molar refractivity (Wildman–Crippen MR) is 235 cm³/mol. The molecular formula is C52H33NOS. The number of nitrogens with zero attached hydrogens (tertiary/aromatic N) is 1. The minimum absolute atomic E-state index is 0.908. The van der Waals surface area contributed by atoms with Gasteiger partial charge in [0.25, 0.3) is 0 Å². The first-order valence-electron chi connectivity index (χ1n) is 18.7. The quantitative estimate of drug-likeness (QED) is 0.170. The summed E-state index contributed by atoms with van der Waals surface area (Å²) in [5, 5.41) is 7.40. The van der Waals surface area contributed by atoms with Crippen LogP contribution in [0.2, 0.25) is 0 Å². The van der Waals surface area contributed by atoms with E-state index in [0.29, 0.717) is 0 Å². The largest absolute Gasteiger partial charge is 0.455 e. The van der Waals surface area contributed by atoms with Crippen molar-refractivity contribution in [1.29, 1.82) is 0 Å². The zero-order valence-electron chi connectivity index (χ0n) is 29.8. The van der Waals surface area contributed by atoms with Crippen molar-refractivity contribution in [3.05, 3.63) is 200 Å². The highest BCUT2D eigenvalue weighted by atomic mass is 32.1. The lowest BCUT2D eigenvalue weighted by Crippen LogP contribution is -2.10. The van der Waals surface area contributed by atoms with Crippen LogP contribution in [0.25, 0.3) is 86.3 Å². The molecule has 9 aromatic carbocycles. The molecule has 0 bridgehead atoms. The van der Waals surface area contributed by atoms with E-state index in [1.54, 1.807) is 0 Å². The minimum Gasteiger partial charge on any atom is -0.455 e. The Kier molecular flexibility index (Phi) is 7.39. The Morgan fingerprint density at radius 2 is 0.945 bits per heavy atom. The fraction of sp³-hybridized carbons (Fsp3) is 0. The lowest BCUT2D eigenvalue weighted by molar-refractivity contribution is 0.670. The number of fused-ring (bicyclic) bond motifs is 7. The van der Waals surface area contributed by atoms with Gasteiger partial charge in [0.05, 0.1) is 0 Å². The molecule has 258 valence electrons. The molecule has 2 nitrogen and oxygen atoms in total. The second kappa shape index (κ2) is 12.9. The van der Waals surface area contributed by atoms with Crippen molar-refractivity contribution in [2.45, 2.75) is 0 Å². The van der Waals surface area contributed by atoms with Crippen LogP contribution in [0.5, 0.6) is 0 Å². The normalized spacial score (nSPS) is 11.6. The average molecular weight is 720 g/mol. The van der Waals surface area contributed by atoms with Gasteiger partial charge in [-0.25, -0.2) is 0 Å². The predicted octanol–water partition coefficient (Wildman–Crippen LogP) is 15.6. The molecule has 0 N–H and O–H groups in total. The maximum atomic E-state index is 6.42. The molecule has 2 aromatic heterocycles. The lowest BCUT2D eigenvalue weighted by Gasteiger charge is -2.26. The summed E-state index contributed by atoms with van der Waals surface area (Å²) in [6, 6.07) is 72.2. The maximum Gasteiger partial charge on any atom is 0.143 e. The maximum absolute atomic E-state index is 6.42. The van der Waals surface area contributed by atoms with Gasteiger partial charge >= 0.3 is 0 Å². The van der Waals surface area contributed by atoms with Gasteiger partial charge in [-0.15, -0.1) is 11.3 Å². The van der Waals surface area contributed by atoms with Gasteiger partial charge in [0.15, 0.2) is 0 Å². The Hall–Kier alpha value is -6.94. The van der Waals surface area contributed by atoms with Crippen LogP contribution in [-0.4, -0.2) is 0 Å². The van der Waals surface area contributed by atoms with Crippen LogP contribution in [0, 0.1) is 0 Å². The summed E-state index contributed by atoms with van der Waals surface area (Å²) < 4.78 is 9.05. The van der Waals surface area contributed by atoms with E-state index in [0.717, 1.165) is 50.1 Å². The molecule has 0 atom stereocenters. The molecule has 55 heavy (non-hydrogen) atoms. The van der Waals surface area contributed by atoms with Gasteiger partial charge in [-0.05, 0) is 93.2 Å². The van der Waals surface area contributed by atoms with Crippen molar-refractivity contribution < 1.29 is 4.42 Å². The molecule has 0 aliphatic carbocycles. The highest BCUT2D eigenvalue weighted by Gasteiger charge is 2.18. The molecule has 0 radical (unpaired) electrons. The average Bonchev–Trinajstić information content (AvgIpc) is 3.83. The van der Waals surface area contributed by atoms with Crippen LogP contribution in [0.3, 0.4) is 0 Å². The summed E-state index contributed by atoms with van der Waals surface area (Å²) in [7, 11) is 0. The van der Waals surface area contributed by atoms with Crippen molar-refractivity contribution in [2.75, 3.05) is 4.90 Å². The summed E-state index contributed by atoms with van der Waals surface area (Å²) in [6.45, 7) is 0. The molecular weight excluding hydrogens is 687 g/mol. The summed E-state index contributed by atoms with van der Waals surface area (Å²) in [6.07, 6.45) is 0. The molecule has 0 amide bonds. The number of hydrogen-bond donors (Lipinski definition) is 0. The smallest absolute Gasteiger partial charge is 0.143 e. The van der Waals surface area contributed by atoms with Gasteiger partial charge in [0.1, 0.15) is 11.2 Å². The lowest BCUT2D eigenvalue weighted by atomic mass is 9.97. The monoisotopic (exact) mass is 719 g/mol. The van der Waals surface area contributed by atoms with Crippen LogP contribution in [0.15, 0.2) is 205 Å². The Morgan fingerprint density at radius 1 is 0.364 bits per heavy atom. The number of rotatable bonds is 6. The highest BCUT2D eigenvalue weighted by Crippen LogP contribution is 2.43. The first-order valence-corrected chi connectivity index (χ1v) is 19.5. The highest BCUT2D eigenvalue weighted by molar-refractivity contribution is 7.25. The van der Waals surface area contributed by atoms with Crippen molar-refractivity contribution >= 4 is 81.3 Å². The number of benzene rings is 9. The van der Waals surface area contributed by atoms with E-state index in [9.17, 15) is 0 Å². The Morgan fingerprint density at radius 3 is 1.78 bits per heavy atom. The Labute approximate surface area is 322 Å². The minimum atomic E-state index is 0.908. The van der Waals surface area contributed by atoms with Crippen molar-refractivity contribution in [1.82, 2.24) is 0 Å². The van der Waals surface area contributed by atoms with E-state index in [1.165, 1.54) is 53.2 Å². The number of furan rings is 1. The Balaban J connectivity index is 1.04. The van der Waals surface area contributed by atoms with E-state index in [-0.39, 0.29) is 0 Å². The molecule has 0 aliphatic heterocycles. The molecule has 0 aliphatic rings. The van der Waals surface area contributed by atoms with Crippen LogP contribution < -0.4 is 4.90 Å². The van der Waals surface area contributed by atoms with Gasteiger partial charge in [-0.2, -0.15) is 0 Å². The molecule has 11 rings (SSSR count). The summed E-state index contributed by atoms with van der Waals surface area (Å²) >= 11 is 1.86. The first-order chi connectivity index (χ1) is 27.3. The SMILES string of the molecule is c1cc(-c2cccc3ccccc23)cc(N(c2ccc(-c3cccc4c3oc3ccccc34)cc2)c2ccc(-c3cccc4sc5ccccc5c34)cc2)c1. The third kappa shape index (κ3) is 5.32. The second-order valence-corrected chi connectivity index (χ2v) is 15.1. The number of anilines is 3. The topological polar surface area (TPSA) is 16.4 Å². The molecule has 0 saturated heterocycles. The van der Waals surface area contributed by atoms with Crippen LogP contribution in [0.4, 0.5) is 17.1 Å². The van der Waals surface area contributed by atoms with E-state index in [4.69, 9.17) is 4.42 Å². The zero-order valence-corrected chi connectivity index (χ0v) is 30.6. The molecule has 3 heteroatoms. The van der Waals surface area contributed by atoms with Crippen molar-refractivity contribution in [3.63, 3.8) is 0 Å². The molecule has 0 spiro atoms. The van der Waals surface area contributed by atoms with E-state index in [1.807, 2.05) is 23.5 Å². The van der Waals surface area contributed by atoms with Gasteiger partial charge in [0, 0.05) is 53.6 Å². The number of para-hydroxylation sites is 2. The Bertz CT molecular complexity index is 3200. The number of thiophene rings is 1. The summed E-state index contributed by atoms with van der Waals surface area (Å²) in [4.78, 5) is 2.37. The van der Waals surface area contributed by atoms with Crippen LogP contribution >= 0.6 is 11.3 Å². The van der Waals surface area contributed by atoms with Gasteiger partial charge in [0.2, 0.25) is 0 Å². The molecule has 2 heterocycles. The summed E-state index contributed by atoms with van der Waals surface area (Å²) in [5.41, 5.74) is 12.2. The van der Waals surface area contributed by atoms with E-state index >= 15 is 0 Å². The zero-order chi connectivity index (χ0) is 36.3. The van der Waals surface area contributed by atoms with Gasteiger partial charge in [-0.1, -0.05) is 146 Å². The first kappa shape index (κ1) is 31.6. The standard InChI is InChI=1S/C52H33NOS/c1-2-15-41-34(11-1)12-8-18-42(41)37-13-7-14-40(33-37)53(38-29-25-35(26-30-38)43-19-10-24-50-51(43)47-17-4-6-23-49(47)55-50)39-31-27-36(28-32-39)44-20-9-21-46-45-16-3-5-22-48(45)54-52(44)46/h1-33H. The van der Waals surface area contributed by atoms with Crippen LogP contribution in [0.1, 0.15) is 0 Å². The molecule has 11 aromatic rings. The van der Waals surface area contributed by atoms with Crippen LogP contribution in [-0.2, 0) is 0 Å². The van der Waals surface area contributed by atoms with E-state index in [2.05, 4.69) is 193 Å². The van der Waals surface area contributed by atoms with Gasteiger partial charge in [-0.3, -0.25) is 0 Å². The second-order valence-electron chi connectivity index (χ2n) is 14.1. The molecule has 0 fully saturated rings. The number of hydrogen-bond acceptors (Lipinski definition) is 3. The molecule has 0 unspecified atom stereocenters. The third-order valence-electron chi connectivity index (χ3n) is 10.9. The van der Waals surface area contributed by atoms with Gasteiger partial charge < -0.3 is 9.32 Å². The van der Waals surface area contributed by atoms with Crippen molar-refractivity contribution in [2.24, 2.45) is 0 Å². The summed E-state index contributed by atoms with van der Waals surface area (Å²) in [5.74, 6) is 0. The molecule has 0 saturated carbocycles. The van der Waals surface area contributed by atoms with Crippen molar-refractivity contribution in [3.8, 4) is 33.4 Å².